The summed E-state index contributed by atoms with van der Waals surface area (Å²) in [6.07, 6.45) is 0. The molecule has 1 aromatic rings. The van der Waals surface area contributed by atoms with Crippen LogP contribution in [-0.2, 0) is 7.05 Å². The fourth-order valence-corrected chi connectivity index (χ4v) is 2.83. The summed E-state index contributed by atoms with van der Waals surface area (Å²) in [4.78, 5) is 9.18. The molecule has 0 aliphatic carbocycles. The molecule has 0 saturated carbocycles. The van der Waals surface area contributed by atoms with E-state index in [2.05, 4.69) is 32.3 Å². The second-order valence-corrected chi connectivity index (χ2v) is 5.19. The maximum atomic E-state index is 9.57. The van der Waals surface area contributed by atoms with Gasteiger partial charge in [-0.2, -0.15) is 5.26 Å². The van der Waals surface area contributed by atoms with Crippen molar-refractivity contribution in [3.63, 3.8) is 0 Å². The van der Waals surface area contributed by atoms with Crippen LogP contribution in [0.25, 0.3) is 0 Å². The summed E-state index contributed by atoms with van der Waals surface area (Å²) in [6.45, 7) is 11.3. The number of hydrogen-bond acceptors (Lipinski definition) is 4. The normalized spacial score (nSPS) is 19.3. The number of nitrogens with zero attached hydrogens (tertiary/aromatic N) is 5. The van der Waals surface area contributed by atoms with Gasteiger partial charge in [0.05, 0.1) is 17.5 Å². The van der Waals surface area contributed by atoms with Crippen LogP contribution < -0.4 is 0 Å². The van der Waals surface area contributed by atoms with Gasteiger partial charge in [0.2, 0.25) is 0 Å². The standard InChI is InChI=1S/C14H23N5/c1-5-18-6-8-19(9-7-18)13(10-15)14-11(2)16-12(3)17(14)4/h13H,5-9H2,1-4H3. The molecule has 1 unspecified atom stereocenters. The van der Waals surface area contributed by atoms with E-state index in [1.807, 2.05) is 20.9 Å². The molecule has 1 saturated heterocycles. The van der Waals surface area contributed by atoms with Crippen molar-refractivity contribution in [2.24, 2.45) is 7.05 Å². The molecule has 19 heavy (non-hydrogen) atoms. The third-order valence-electron chi connectivity index (χ3n) is 4.15. The maximum Gasteiger partial charge on any atom is 0.140 e. The molecule has 0 bridgehead atoms. The van der Waals surface area contributed by atoms with E-state index < -0.39 is 0 Å². The molecule has 2 rings (SSSR count). The molecular formula is C14H23N5. The van der Waals surface area contributed by atoms with Gasteiger partial charge in [-0.15, -0.1) is 0 Å². The molecule has 1 aliphatic heterocycles. The van der Waals surface area contributed by atoms with E-state index in [0.717, 1.165) is 49.9 Å². The first-order valence-electron chi connectivity index (χ1n) is 6.94. The largest absolute Gasteiger partial charge is 0.333 e. The Hall–Kier alpha value is -1.38. The molecule has 1 aromatic heterocycles. The molecule has 0 spiro atoms. The third kappa shape index (κ3) is 2.65. The topological polar surface area (TPSA) is 48.1 Å². The van der Waals surface area contributed by atoms with Gasteiger partial charge in [-0.05, 0) is 20.4 Å². The van der Waals surface area contributed by atoms with Crippen molar-refractivity contribution in [1.29, 1.82) is 5.26 Å². The zero-order chi connectivity index (χ0) is 14.0. The second-order valence-electron chi connectivity index (χ2n) is 5.19. The highest BCUT2D eigenvalue weighted by atomic mass is 15.3. The molecule has 2 heterocycles. The Morgan fingerprint density at radius 2 is 1.89 bits per heavy atom. The van der Waals surface area contributed by atoms with Crippen molar-refractivity contribution in [2.75, 3.05) is 32.7 Å². The van der Waals surface area contributed by atoms with E-state index in [1.165, 1.54) is 0 Å². The van der Waals surface area contributed by atoms with Crippen LogP contribution in [0, 0.1) is 25.2 Å². The van der Waals surface area contributed by atoms with Crippen LogP contribution in [0.2, 0.25) is 0 Å². The molecule has 104 valence electrons. The van der Waals surface area contributed by atoms with Gasteiger partial charge >= 0.3 is 0 Å². The minimum atomic E-state index is -0.176. The molecule has 0 N–H and O–H groups in total. The minimum Gasteiger partial charge on any atom is -0.333 e. The Balaban J connectivity index is 2.20. The van der Waals surface area contributed by atoms with Gasteiger partial charge in [-0.3, -0.25) is 4.90 Å². The molecule has 5 heteroatoms. The highest BCUT2D eigenvalue weighted by Crippen LogP contribution is 2.24. The number of piperazine rings is 1. The summed E-state index contributed by atoms with van der Waals surface area (Å²) >= 11 is 0. The summed E-state index contributed by atoms with van der Waals surface area (Å²) in [5.41, 5.74) is 2.02. The lowest BCUT2D eigenvalue weighted by Gasteiger charge is -2.36. The van der Waals surface area contributed by atoms with Crippen LogP contribution in [0.5, 0.6) is 0 Å². The highest BCUT2D eigenvalue weighted by molar-refractivity contribution is 5.24. The van der Waals surface area contributed by atoms with Gasteiger partial charge in [0.25, 0.3) is 0 Å². The lowest BCUT2D eigenvalue weighted by Crippen LogP contribution is -2.47. The predicted molar refractivity (Wildman–Crippen MR) is 74.7 cm³/mol. The second kappa shape index (κ2) is 5.72. The molecule has 0 radical (unpaired) electrons. The van der Waals surface area contributed by atoms with Gasteiger partial charge in [-0.25, -0.2) is 4.98 Å². The SMILES string of the molecule is CCN1CCN(C(C#N)c2c(C)nc(C)n2C)CC1. The summed E-state index contributed by atoms with van der Waals surface area (Å²) in [5, 5.41) is 9.57. The van der Waals surface area contributed by atoms with Crippen LogP contribution >= 0.6 is 0 Å². The summed E-state index contributed by atoms with van der Waals surface area (Å²) in [7, 11) is 2.00. The van der Waals surface area contributed by atoms with Crippen molar-refractivity contribution in [3.8, 4) is 6.07 Å². The van der Waals surface area contributed by atoms with E-state index in [-0.39, 0.29) is 6.04 Å². The highest BCUT2D eigenvalue weighted by Gasteiger charge is 2.28. The summed E-state index contributed by atoms with van der Waals surface area (Å²) < 4.78 is 2.05. The lowest BCUT2D eigenvalue weighted by molar-refractivity contribution is 0.116. The van der Waals surface area contributed by atoms with Gasteiger partial charge in [-0.1, -0.05) is 6.92 Å². The number of aromatic nitrogens is 2. The van der Waals surface area contributed by atoms with Crippen LogP contribution in [0.4, 0.5) is 0 Å². The number of likely N-dealkylation sites (N-methyl/N-ethyl adjacent to an activating group) is 1. The monoisotopic (exact) mass is 261 g/mol. The van der Waals surface area contributed by atoms with Crippen molar-refractivity contribution < 1.29 is 0 Å². The lowest BCUT2D eigenvalue weighted by atomic mass is 10.1. The number of rotatable bonds is 3. The van der Waals surface area contributed by atoms with Crippen molar-refractivity contribution in [3.05, 3.63) is 17.2 Å². The van der Waals surface area contributed by atoms with Gasteiger partial charge in [0.15, 0.2) is 0 Å². The molecule has 1 fully saturated rings. The fraction of sp³-hybridized carbons (Fsp3) is 0.714. The first-order chi connectivity index (χ1) is 9.08. The van der Waals surface area contributed by atoms with E-state index in [0.29, 0.717) is 0 Å². The van der Waals surface area contributed by atoms with Crippen LogP contribution in [0.3, 0.4) is 0 Å². The third-order valence-corrected chi connectivity index (χ3v) is 4.15. The molecule has 1 atom stereocenters. The van der Waals surface area contributed by atoms with E-state index in [4.69, 9.17) is 0 Å². The smallest absolute Gasteiger partial charge is 0.140 e. The molecule has 0 amide bonds. The van der Waals surface area contributed by atoms with Crippen LogP contribution in [0.1, 0.15) is 30.2 Å². The van der Waals surface area contributed by atoms with Crippen molar-refractivity contribution in [1.82, 2.24) is 19.4 Å². The van der Waals surface area contributed by atoms with Crippen LogP contribution in [0.15, 0.2) is 0 Å². The van der Waals surface area contributed by atoms with E-state index in [9.17, 15) is 5.26 Å². The maximum absolute atomic E-state index is 9.57. The van der Waals surface area contributed by atoms with E-state index >= 15 is 0 Å². The van der Waals surface area contributed by atoms with Gasteiger partial charge in [0.1, 0.15) is 11.9 Å². The summed E-state index contributed by atoms with van der Waals surface area (Å²) in [6, 6.07) is 2.29. The Kier molecular flexibility index (Phi) is 4.23. The first kappa shape index (κ1) is 14.0. The van der Waals surface area contributed by atoms with E-state index in [1.54, 1.807) is 0 Å². The number of aryl methyl sites for hydroxylation is 2. The first-order valence-corrected chi connectivity index (χ1v) is 6.94. The minimum absolute atomic E-state index is 0.176. The zero-order valence-corrected chi connectivity index (χ0v) is 12.3. The quantitative estimate of drug-likeness (QED) is 0.821. The molecule has 0 aromatic carbocycles. The van der Waals surface area contributed by atoms with Crippen molar-refractivity contribution >= 4 is 0 Å². The molecule has 1 aliphatic rings. The van der Waals surface area contributed by atoms with Gasteiger partial charge < -0.3 is 9.47 Å². The number of nitriles is 1. The average molecular weight is 261 g/mol. The fourth-order valence-electron chi connectivity index (χ4n) is 2.83. The Morgan fingerprint density at radius 3 is 2.32 bits per heavy atom. The Bertz CT molecular complexity index is 477. The Labute approximate surface area is 115 Å². The molecular weight excluding hydrogens is 238 g/mol. The van der Waals surface area contributed by atoms with Crippen LogP contribution in [-0.4, -0.2) is 52.1 Å². The van der Waals surface area contributed by atoms with Gasteiger partial charge in [0, 0.05) is 33.2 Å². The average Bonchev–Trinajstić information content (AvgIpc) is 2.67. The number of hydrogen-bond donors (Lipinski definition) is 0. The molecule has 5 nitrogen and oxygen atoms in total. The van der Waals surface area contributed by atoms with Crippen molar-refractivity contribution in [2.45, 2.75) is 26.8 Å². The Morgan fingerprint density at radius 1 is 1.26 bits per heavy atom. The number of imidazole rings is 1. The summed E-state index contributed by atoms with van der Waals surface area (Å²) in [5.74, 6) is 0.972. The predicted octanol–water partition coefficient (Wildman–Crippen LogP) is 1.24. The zero-order valence-electron chi connectivity index (χ0n) is 12.3.